The van der Waals surface area contributed by atoms with Gasteiger partial charge in [0.2, 0.25) is 0 Å². The van der Waals surface area contributed by atoms with E-state index in [1.807, 2.05) is 18.2 Å². The first-order valence-corrected chi connectivity index (χ1v) is 15.3. The quantitative estimate of drug-likeness (QED) is 0.156. The molecule has 0 nitrogen and oxygen atoms in total. The fourth-order valence-corrected chi connectivity index (χ4v) is 5.47. The molecule has 0 unspecified atom stereocenters. The first kappa shape index (κ1) is 32.7. The Hall–Kier alpha value is -5.20. The lowest BCUT2D eigenvalue weighted by atomic mass is 9.98. The summed E-state index contributed by atoms with van der Waals surface area (Å²) in [7, 11) is 0. The van der Waals surface area contributed by atoms with E-state index in [4.69, 9.17) is 0 Å². The molecule has 0 bridgehead atoms. The van der Waals surface area contributed by atoms with Crippen LogP contribution in [0.3, 0.4) is 0 Å². The fraction of sp³-hybridized carbons (Fsp3) is 0.111. The molecule has 8 aromatic rings. The van der Waals surface area contributed by atoms with E-state index in [1.165, 1.54) is 65.3 Å². The number of hydrogen-bond acceptors (Lipinski definition) is 0. The Labute approximate surface area is 269 Å². The Morgan fingerprint density at radius 2 is 0.778 bits per heavy atom. The van der Waals surface area contributed by atoms with Crippen molar-refractivity contribution in [1.82, 2.24) is 0 Å². The van der Waals surface area contributed by atoms with E-state index < -0.39 is 0 Å². The van der Waals surface area contributed by atoms with Gasteiger partial charge in [-0.05, 0) is 81.9 Å². The van der Waals surface area contributed by atoms with Crippen LogP contribution < -0.4 is 0 Å². The lowest BCUT2D eigenvalue weighted by Crippen LogP contribution is -1.81. The van der Waals surface area contributed by atoms with Crippen LogP contribution in [-0.2, 0) is 0 Å². The Balaban J connectivity index is 0.000000140. The first-order chi connectivity index (χ1) is 21.5. The van der Waals surface area contributed by atoms with Crippen LogP contribution in [0.15, 0.2) is 170 Å². The first-order valence-electron chi connectivity index (χ1n) is 15.3. The van der Waals surface area contributed by atoms with E-state index in [9.17, 15) is 0 Å². The highest BCUT2D eigenvalue weighted by Gasteiger charge is 2.01. The van der Waals surface area contributed by atoms with Crippen LogP contribution in [0.1, 0.15) is 29.7 Å². The van der Waals surface area contributed by atoms with Crippen molar-refractivity contribution in [2.45, 2.75) is 35.1 Å². The third kappa shape index (κ3) is 8.68. The van der Waals surface area contributed by atoms with Crippen molar-refractivity contribution >= 4 is 43.1 Å². The molecule has 0 fully saturated rings. The molecule has 0 aliphatic carbocycles. The summed E-state index contributed by atoms with van der Waals surface area (Å²) >= 11 is 0. The van der Waals surface area contributed by atoms with E-state index in [0.717, 1.165) is 0 Å². The van der Waals surface area contributed by atoms with Crippen molar-refractivity contribution in [2.24, 2.45) is 0 Å². The topological polar surface area (TPSA) is 0 Å². The molecule has 0 saturated carbocycles. The van der Waals surface area contributed by atoms with E-state index in [-0.39, 0.29) is 7.43 Å². The SMILES string of the molecule is C.Cc1cc2ccccc2c2ccccc12.Cc1ccc2ccccc2c1.Cc1cccc2ccccc12.Cc1ccccc1. The Morgan fingerprint density at radius 3 is 1.42 bits per heavy atom. The van der Waals surface area contributed by atoms with Crippen LogP contribution >= 0.6 is 0 Å². The summed E-state index contributed by atoms with van der Waals surface area (Å²) < 4.78 is 0. The average Bonchev–Trinajstić information content (AvgIpc) is 3.06. The number of benzene rings is 8. The van der Waals surface area contributed by atoms with E-state index in [0.29, 0.717) is 0 Å². The van der Waals surface area contributed by atoms with Gasteiger partial charge in [-0.3, -0.25) is 0 Å². The van der Waals surface area contributed by atoms with Crippen LogP contribution in [0.5, 0.6) is 0 Å². The Kier molecular flexibility index (Phi) is 11.7. The van der Waals surface area contributed by atoms with Gasteiger partial charge in [-0.1, -0.05) is 188 Å². The van der Waals surface area contributed by atoms with Crippen LogP contribution in [0.4, 0.5) is 0 Å². The number of aryl methyl sites for hydroxylation is 4. The minimum atomic E-state index is 0. The summed E-state index contributed by atoms with van der Waals surface area (Å²) in [6.07, 6.45) is 0. The van der Waals surface area contributed by atoms with Crippen LogP contribution in [0, 0.1) is 27.7 Å². The maximum atomic E-state index is 2.26. The van der Waals surface area contributed by atoms with Gasteiger partial charge in [-0.15, -0.1) is 0 Å². The highest BCUT2D eigenvalue weighted by Crippen LogP contribution is 2.27. The lowest BCUT2D eigenvalue weighted by molar-refractivity contribution is 1.48. The summed E-state index contributed by atoms with van der Waals surface area (Å²) in [5, 5.41) is 10.7. The predicted octanol–water partition coefficient (Wildman–Crippen LogP) is 13.2. The van der Waals surface area contributed by atoms with Crippen LogP contribution in [0.2, 0.25) is 0 Å². The highest BCUT2D eigenvalue weighted by atomic mass is 14.1. The monoisotopic (exact) mass is 584 g/mol. The van der Waals surface area contributed by atoms with Gasteiger partial charge >= 0.3 is 0 Å². The maximum Gasteiger partial charge on any atom is -0.0103 e. The van der Waals surface area contributed by atoms with Crippen molar-refractivity contribution in [3.05, 3.63) is 192 Å². The van der Waals surface area contributed by atoms with Gasteiger partial charge in [0, 0.05) is 0 Å². The maximum absolute atomic E-state index is 2.26. The smallest absolute Gasteiger partial charge is 0.0103 e. The molecular weight excluding hydrogens is 540 g/mol. The second kappa shape index (κ2) is 16.0. The van der Waals surface area contributed by atoms with Gasteiger partial charge in [-0.2, -0.15) is 0 Å². The zero-order valence-electron chi connectivity index (χ0n) is 26.2. The molecule has 0 heterocycles. The van der Waals surface area contributed by atoms with Crippen molar-refractivity contribution in [2.75, 3.05) is 0 Å². The van der Waals surface area contributed by atoms with Crippen molar-refractivity contribution in [3.8, 4) is 0 Å². The predicted molar refractivity (Wildman–Crippen MR) is 201 cm³/mol. The van der Waals surface area contributed by atoms with Crippen molar-refractivity contribution in [3.63, 3.8) is 0 Å². The van der Waals surface area contributed by atoms with Gasteiger partial charge in [-0.25, -0.2) is 0 Å². The van der Waals surface area contributed by atoms with Gasteiger partial charge in [0.05, 0.1) is 0 Å². The number of hydrogen-bond donors (Lipinski definition) is 0. The average molecular weight is 585 g/mol. The molecule has 0 aliphatic heterocycles. The van der Waals surface area contributed by atoms with Crippen LogP contribution in [-0.4, -0.2) is 0 Å². The molecule has 8 aromatic carbocycles. The fourth-order valence-electron chi connectivity index (χ4n) is 5.47. The molecule has 0 saturated heterocycles. The largest absolute Gasteiger partial charge is 0.0776 e. The summed E-state index contributed by atoms with van der Waals surface area (Å²) in [6, 6.07) is 59.4. The minimum absolute atomic E-state index is 0. The van der Waals surface area contributed by atoms with E-state index in [2.05, 4.69) is 179 Å². The van der Waals surface area contributed by atoms with Gasteiger partial charge in [0.25, 0.3) is 0 Å². The van der Waals surface area contributed by atoms with Crippen molar-refractivity contribution in [1.29, 1.82) is 0 Å². The summed E-state index contributed by atoms with van der Waals surface area (Å²) in [4.78, 5) is 0. The zero-order chi connectivity index (χ0) is 30.7. The normalized spacial score (nSPS) is 10.0. The lowest BCUT2D eigenvalue weighted by Gasteiger charge is -2.06. The molecule has 0 N–H and O–H groups in total. The molecule has 0 atom stereocenters. The summed E-state index contributed by atoms with van der Waals surface area (Å²) in [5.41, 5.74) is 5.35. The second-order valence-electron chi connectivity index (χ2n) is 11.3. The highest BCUT2D eigenvalue weighted by molar-refractivity contribution is 6.08. The molecule has 0 spiro atoms. The van der Waals surface area contributed by atoms with Gasteiger partial charge in [0.1, 0.15) is 0 Å². The molecule has 0 heteroatoms. The molecule has 45 heavy (non-hydrogen) atoms. The summed E-state index contributed by atoms with van der Waals surface area (Å²) in [5.74, 6) is 0. The molecule has 0 aliphatic rings. The number of rotatable bonds is 0. The third-order valence-electron chi connectivity index (χ3n) is 7.83. The standard InChI is InChI=1S/C15H12.2C11H10.C7H8.CH4/c1-11-10-12-6-2-3-8-14(12)15-9-5-4-7-13(11)15;1-9-5-4-7-10-6-2-3-8-11(9)10;1-9-6-7-10-4-2-3-5-11(10)8-9;1-7-5-3-2-4-6-7;/h2-10H,1H3;2*2-8H,1H3;2-6H,1H3;1H4. The molecule has 0 amide bonds. The minimum Gasteiger partial charge on any atom is -0.0776 e. The summed E-state index contributed by atoms with van der Waals surface area (Å²) in [6.45, 7) is 8.52. The Morgan fingerprint density at radius 1 is 0.267 bits per heavy atom. The molecule has 8 rings (SSSR count). The molecule has 0 radical (unpaired) electrons. The molecular formula is C45H44. The Bertz CT molecular complexity index is 2090. The van der Waals surface area contributed by atoms with Crippen LogP contribution in [0.25, 0.3) is 43.1 Å². The molecule has 0 aromatic heterocycles. The van der Waals surface area contributed by atoms with Gasteiger partial charge < -0.3 is 0 Å². The number of fused-ring (bicyclic) bond motifs is 5. The van der Waals surface area contributed by atoms with E-state index in [1.54, 1.807) is 0 Å². The van der Waals surface area contributed by atoms with Crippen molar-refractivity contribution < 1.29 is 0 Å². The third-order valence-corrected chi connectivity index (χ3v) is 7.83. The van der Waals surface area contributed by atoms with E-state index >= 15 is 0 Å². The second-order valence-corrected chi connectivity index (χ2v) is 11.3. The zero-order valence-corrected chi connectivity index (χ0v) is 26.2. The molecule has 224 valence electrons. The van der Waals surface area contributed by atoms with Gasteiger partial charge in [0.15, 0.2) is 0 Å².